The van der Waals surface area contributed by atoms with Crippen molar-refractivity contribution in [3.05, 3.63) is 36.5 Å². The maximum Gasteiger partial charge on any atom is 0.323 e. The van der Waals surface area contributed by atoms with Crippen molar-refractivity contribution in [3.8, 4) is 11.5 Å². The van der Waals surface area contributed by atoms with Crippen molar-refractivity contribution in [2.24, 2.45) is 5.73 Å². The van der Waals surface area contributed by atoms with Crippen molar-refractivity contribution >= 4 is 22.8 Å². The molecule has 1 fully saturated rings. The largest absolute Gasteiger partial charge is 0.439 e. The number of fused-ring (bicyclic) bond motifs is 1. The van der Waals surface area contributed by atoms with E-state index in [1.54, 1.807) is 25.4 Å². The summed E-state index contributed by atoms with van der Waals surface area (Å²) in [6, 6.07) is 4.44. The number of piperidine rings is 1. The number of amides is 2. The summed E-state index contributed by atoms with van der Waals surface area (Å²) in [5.41, 5.74) is 6.94. The first-order chi connectivity index (χ1) is 13.0. The predicted octanol–water partition coefficient (Wildman–Crippen LogP) is 2.50. The van der Waals surface area contributed by atoms with Crippen LogP contribution in [-0.2, 0) is 0 Å². The lowest BCUT2D eigenvalue weighted by atomic mass is 10.0. The SMILES string of the molecule is Cc1ncc(-c2ccc3cnc(NC(=O)N4CC[C@@H](N)[C@H](F)C4)cc3n2)o1. The zero-order chi connectivity index (χ0) is 19.0. The topological polar surface area (TPSA) is 110 Å². The van der Waals surface area contributed by atoms with Gasteiger partial charge in [0.05, 0.1) is 18.3 Å². The van der Waals surface area contributed by atoms with Crippen molar-refractivity contribution in [1.29, 1.82) is 0 Å². The third kappa shape index (κ3) is 3.59. The quantitative estimate of drug-likeness (QED) is 0.717. The minimum Gasteiger partial charge on any atom is -0.439 e. The third-order valence-corrected chi connectivity index (χ3v) is 4.56. The second-order valence-electron chi connectivity index (χ2n) is 6.55. The number of aromatic nitrogens is 3. The molecule has 0 saturated carbocycles. The molecule has 4 heterocycles. The van der Waals surface area contributed by atoms with E-state index in [0.29, 0.717) is 41.6 Å². The Balaban J connectivity index is 1.54. The van der Waals surface area contributed by atoms with E-state index in [4.69, 9.17) is 10.2 Å². The molecule has 0 aromatic carbocycles. The molecule has 2 atom stereocenters. The van der Waals surface area contributed by atoms with Gasteiger partial charge in [-0.1, -0.05) is 0 Å². The monoisotopic (exact) mass is 370 g/mol. The first-order valence-electron chi connectivity index (χ1n) is 8.65. The number of halogens is 1. The van der Waals surface area contributed by atoms with Crippen molar-refractivity contribution in [2.45, 2.75) is 25.6 Å². The molecule has 1 saturated heterocycles. The summed E-state index contributed by atoms with van der Waals surface area (Å²) in [4.78, 5) is 26.6. The van der Waals surface area contributed by atoms with Crippen LogP contribution >= 0.6 is 0 Å². The molecular formula is C18H19FN6O2. The Morgan fingerprint density at radius 1 is 1.37 bits per heavy atom. The van der Waals surface area contributed by atoms with Gasteiger partial charge in [-0.15, -0.1) is 0 Å². The molecule has 27 heavy (non-hydrogen) atoms. The molecule has 0 unspecified atom stereocenters. The van der Waals surface area contributed by atoms with Gasteiger partial charge in [-0.2, -0.15) is 0 Å². The van der Waals surface area contributed by atoms with Crippen LogP contribution in [0.2, 0.25) is 0 Å². The molecule has 8 nitrogen and oxygen atoms in total. The molecule has 3 aromatic rings. The van der Waals surface area contributed by atoms with E-state index in [1.165, 1.54) is 4.90 Å². The number of oxazole rings is 1. The summed E-state index contributed by atoms with van der Waals surface area (Å²) in [7, 11) is 0. The van der Waals surface area contributed by atoms with Gasteiger partial charge in [0.2, 0.25) is 0 Å². The number of carbonyl (C=O) groups excluding carboxylic acids is 1. The van der Waals surface area contributed by atoms with Crippen LogP contribution in [0.1, 0.15) is 12.3 Å². The number of urea groups is 1. The van der Waals surface area contributed by atoms with Crippen molar-refractivity contribution in [2.75, 3.05) is 18.4 Å². The van der Waals surface area contributed by atoms with Gasteiger partial charge in [0, 0.05) is 37.2 Å². The van der Waals surface area contributed by atoms with E-state index in [0.717, 1.165) is 5.39 Å². The number of hydrogen-bond acceptors (Lipinski definition) is 6. The molecule has 4 rings (SSSR count). The van der Waals surface area contributed by atoms with Gasteiger partial charge in [-0.25, -0.2) is 24.1 Å². The summed E-state index contributed by atoms with van der Waals surface area (Å²) in [5, 5.41) is 3.52. The molecule has 9 heteroatoms. The Bertz CT molecular complexity index is 991. The van der Waals surface area contributed by atoms with Crippen LogP contribution in [0, 0.1) is 6.92 Å². The average molecular weight is 370 g/mol. The van der Waals surface area contributed by atoms with Crippen molar-refractivity contribution < 1.29 is 13.6 Å². The Morgan fingerprint density at radius 3 is 2.96 bits per heavy atom. The Kier molecular flexibility index (Phi) is 4.44. The van der Waals surface area contributed by atoms with E-state index < -0.39 is 18.2 Å². The normalized spacial score (nSPS) is 20.0. The fourth-order valence-electron chi connectivity index (χ4n) is 3.00. The Hall–Kier alpha value is -3.07. The highest BCUT2D eigenvalue weighted by atomic mass is 19.1. The molecule has 140 valence electrons. The average Bonchev–Trinajstić information content (AvgIpc) is 3.09. The fraction of sp³-hybridized carbons (Fsp3) is 0.333. The number of pyridine rings is 2. The summed E-state index contributed by atoms with van der Waals surface area (Å²) < 4.78 is 19.3. The number of likely N-dealkylation sites (tertiary alicyclic amines) is 1. The van der Waals surface area contributed by atoms with Gasteiger partial charge in [0.15, 0.2) is 11.7 Å². The van der Waals surface area contributed by atoms with Gasteiger partial charge < -0.3 is 15.1 Å². The molecule has 2 amide bonds. The summed E-state index contributed by atoms with van der Waals surface area (Å²) in [5.74, 6) is 1.47. The second kappa shape index (κ2) is 6.92. The lowest BCUT2D eigenvalue weighted by Crippen LogP contribution is -2.51. The lowest BCUT2D eigenvalue weighted by molar-refractivity contribution is 0.137. The van der Waals surface area contributed by atoms with E-state index in [9.17, 15) is 9.18 Å². The predicted molar refractivity (Wildman–Crippen MR) is 97.9 cm³/mol. The number of nitrogens with zero attached hydrogens (tertiary/aromatic N) is 4. The van der Waals surface area contributed by atoms with Crippen LogP contribution in [0.15, 0.2) is 35.0 Å². The fourth-order valence-corrected chi connectivity index (χ4v) is 3.00. The Labute approximate surface area is 154 Å². The van der Waals surface area contributed by atoms with E-state index in [2.05, 4.69) is 20.3 Å². The summed E-state index contributed by atoms with van der Waals surface area (Å²) in [6.45, 7) is 2.15. The van der Waals surface area contributed by atoms with Crippen LogP contribution in [0.25, 0.3) is 22.4 Å². The highest BCUT2D eigenvalue weighted by Gasteiger charge is 2.29. The van der Waals surface area contributed by atoms with Gasteiger partial charge in [-0.3, -0.25) is 5.32 Å². The standard InChI is InChI=1S/C18H19FN6O2/c1-10-21-8-16(27-10)14-3-2-11-7-22-17(6-15(11)23-14)24-18(26)25-5-4-13(20)12(19)9-25/h2-3,6-8,12-13H,4-5,9,20H2,1H3,(H,22,24,26)/t12-,13-/m1/s1. The molecule has 1 aliphatic heterocycles. The second-order valence-corrected chi connectivity index (χ2v) is 6.55. The van der Waals surface area contributed by atoms with Gasteiger partial charge in [0.1, 0.15) is 17.7 Å². The number of rotatable bonds is 2. The molecule has 0 radical (unpaired) electrons. The van der Waals surface area contributed by atoms with Crippen LogP contribution in [0.3, 0.4) is 0 Å². The minimum atomic E-state index is -1.22. The number of hydrogen-bond donors (Lipinski definition) is 2. The number of nitrogens with two attached hydrogens (primary N) is 1. The third-order valence-electron chi connectivity index (χ3n) is 4.56. The number of aryl methyl sites for hydroxylation is 1. The van der Waals surface area contributed by atoms with Crippen LogP contribution in [-0.4, -0.2) is 51.2 Å². The molecular weight excluding hydrogens is 351 g/mol. The molecule has 3 aromatic heterocycles. The van der Waals surface area contributed by atoms with Gasteiger partial charge in [-0.05, 0) is 18.6 Å². The van der Waals surface area contributed by atoms with E-state index in [-0.39, 0.29) is 6.54 Å². The van der Waals surface area contributed by atoms with Crippen LogP contribution < -0.4 is 11.1 Å². The smallest absolute Gasteiger partial charge is 0.323 e. The highest BCUT2D eigenvalue weighted by molar-refractivity contribution is 5.91. The lowest BCUT2D eigenvalue weighted by Gasteiger charge is -2.32. The molecule has 0 bridgehead atoms. The molecule has 0 aliphatic carbocycles. The minimum absolute atomic E-state index is 0.0200. The van der Waals surface area contributed by atoms with Crippen LogP contribution in [0.4, 0.5) is 15.0 Å². The van der Waals surface area contributed by atoms with Crippen LogP contribution in [0.5, 0.6) is 0 Å². The molecule has 3 N–H and O–H groups in total. The Morgan fingerprint density at radius 2 is 2.22 bits per heavy atom. The summed E-state index contributed by atoms with van der Waals surface area (Å²) >= 11 is 0. The maximum atomic E-state index is 13.8. The van der Waals surface area contributed by atoms with Gasteiger partial charge >= 0.3 is 6.03 Å². The summed E-state index contributed by atoms with van der Waals surface area (Å²) in [6.07, 6.45) is 2.45. The van der Waals surface area contributed by atoms with E-state index in [1.807, 2.05) is 12.1 Å². The highest BCUT2D eigenvalue weighted by Crippen LogP contribution is 2.23. The maximum absolute atomic E-state index is 13.8. The van der Waals surface area contributed by atoms with Gasteiger partial charge in [0.25, 0.3) is 0 Å². The van der Waals surface area contributed by atoms with Crippen molar-refractivity contribution in [3.63, 3.8) is 0 Å². The van der Waals surface area contributed by atoms with E-state index >= 15 is 0 Å². The number of anilines is 1. The van der Waals surface area contributed by atoms with Crippen molar-refractivity contribution in [1.82, 2.24) is 19.9 Å². The zero-order valence-corrected chi connectivity index (χ0v) is 14.7. The number of nitrogens with one attached hydrogen (secondary N) is 1. The molecule has 0 spiro atoms. The first kappa shape index (κ1) is 17.3. The first-order valence-corrected chi connectivity index (χ1v) is 8.65. The number of carbonyl (C=O) groups is 1. The molecule has 1 aliphatic rings. The zero-order valence-electron chi connectivity index (χ0n) is 14.7. The number of alkyl halides is 1.